The number of imidazole rings is 1. The molecule has 2 heterocycles. The number of nitrogens with zero attached hydrogens (tertiary/aromatic N) is 2. The molecule has 8 heteroatoms. The van der Waals surface area contributed by atoms with E-state index in [4.69, 9.17) is 10.5 Å². The summed E-state index contributed by atoms with van der Waals surface area (Å²) in [6, 6.07) is 0. The minimum Gasteiger partial charge on any atom is -0.394 e. The van der Waals surface area contributed by atoms with Crippen molar-refractivity contribution in [3.05, 3.63) is 17.7 Å². The number of aliphatic hydroxyl groups excluding tert-OH is 3. The number of rotatable bonds is 4. The van der Waals surface area contributed by atoms with E-state index >= 15 is 0 Å². The van der Waals surface area contributed by atoms with Crippen LogP contribution in [0.4, 0.5) is 0 Å². The van der Waals surface area contributed by atoms with Crippen LogP contribution in [0.3, 0.4) is 0 Å². The quantitative estimate of drug-likeness (QED) is 0.543. The van der Waals surface area contributed by atoms with Gasteiger partial charge in [0.25, 0.3) is 5.91 Å². The van der Waals surface area contributed by atoms with Crippen LogP contribution in [0.5, 0.6) is 0 Å². The van der Waals surface area contributed by atoms with Gasteiger partial charge in [0.2, 0.25) is 0 Å². The molecule has 1 aromatic heterocycles. The Morgan fingerprint density at radius 3 is 2.68 bits per heavy atom. The molecule has 4 atom stereocenters. The molecule has 1 aliphatic heterocycles. The molecule has 1 saturated carbocycles. The van der Waals surface area contributed by atoms with E-state index < -0.39 is 37.1 Å². The zero-order chi connectivity index (χ0) is 18.0. The van der Waals surface area contributed by atoms with Crippen molar-refractivity contribution in [1.82, 2.24) is 9.55 Å². The third-order valence-electron chi connectivity index (χ3n) is 4.89. The molecule has 1 saturated heterocycles. The first-order valence-corrected chi connectivity index (χ1v) is 8.51. The van der Waals surface area contributed by atoms with Gasteiger partial charge >= 0.3 is 0 Å². The highest BCUT2D eigenvalue weighted by atomic mass is 16.6. The minimum absolute atomic E-state index is 0.00309. The highest BCUT2D eigenvalue weighted by Gasteiger charge is 2.44. The highest BCUT2D eigenvalue weighted by Crippen LogP contribution is 2.31. The molecule has 0 unspecified atom stereocenters. The maximum atomic E-state index is 11.6. The summed E-state index contributed by atoms with van der Waals surface area (Å²) in [6.07, 6.45) is 2.35. The number of carbonyl (C=O) groups excluding carboxylic acids is 1. The Balaban J connectivity index is 1.87. The maximum absolute atomic E-state index is 11.6. The summed E-state index contributed by atoms with van der Waals surface area (Å²) < 4.78 is 6.88. The summed E-state index contributed by atoms with van der Waals surface area (Å²) in [5.74, 6) is 5.84. The molecule has 5 N–H and O–H groups in total. The number of nitrogens with two attached hydrogens (primary N) is 1. The van der Waals surface area contributed by atoms with E-state index in [0.29, 0.717) is 5.92 Å². The Labute approximate surface area is 145 Å². The second-order valence-electron chi connectivity index (χ2n) is 6.60. The maximum Gasteiger partial charge on any atom is 0.270 e. The lowest BCUT2D eigenvalue weighted by atomic mass is 10.0. The van der Waals surface area contributed by atoms with E-state index in [1.54, 1.807) is 0 Å². The molecule has 0 aromatic carbocycles. The molecule has 0 radical (unpaired) electrons. The molecule has 0 spiro atoms. The number of aromatic nitrogens is 2. The van der Waals surface area contributed by atoms with Gasteiger partial charge in [0.1, 0.15) is 24.0 Å². The lowest BCUT2D eigenvalue weighted by molar-refractivity contribution is -0.0531. The number of carbonyl (C=O) groups is 1. The van der Waals surface area contributed by atoms with Crippen LogP contribution in [0.2, 0.25) is 0 Å². The third kappa shape index (κ3) is 3.55. The lowest BCUT2D eigenvalue weighted by Gasteiger charge is -2.17. The monoisotopic (exact) mass is 349 g/mol. The van der Waals surface area contributed by atoms with Crippen LogP contribution in [0.1, 0.15) is 54.5 Å². The summed E-state index contributed by atoms with van der Waals surface area (Å²) in [5.41, 5.74) is 5.61. The van der Waals surface area contributed by atoms with Crippen molar-refractivity contribution < 1.29 is 24.9 Å². The SMILES string of the molecule is NC(=O)c1ncn([C@@H]2O[C@H](CO)[C@@H](O)[C@H]2O)c1C#CCC1CCCC1. The highest BCUT2D eigenvalue weighted by molar-refractivity contribution is 5.93. The fourth-order valence-corrected chi connectivity index (χ4v) is 3.46. The van der Waals surface area contributed by atoms with Crippen molar-refractivity contribution in [3.8, 4) is 11.8 Å². The van der Waals surface area contributed by atoms with Crippen LogP contribution in [-0.2, 0) is 4.74 Å². The molecule has 1 aromatic rings. The van der Waals surface area contributed by atoms with Crippen molar-refractivity contribution in [2.75, 3.05) is 6.61 Å². The van der Waals surface area contributed by atoms with Gasteiger partial charge in [-0.3, -0.25) is 9.36 Å². The summed E-state index contributed by atoms with van der Waals surface area (Å²) in [4.78, 5) is 15.6. The number of ether oxygens (including phenoxy) is 1. The van der Waals surface area contributed by atoms with Gasteiger partial charge < -0.3 is 25.8 Å². The molecule has 2 fully saturated rings. The Bertz CT molecular complexity index is 686. The first-order chi connectivity index (χ1) is 12.0. The summed E-state index contributed by atoms with van der Waals surface area (Å²) >= 11 is 0. The molecule has 3 rings (SSSR count). The molecule has 25 heavy (non-hydrogen) atoms. The van der Waals surface area contributed by atoms with Gasteiger partial charge in [-0.15, -0.1) is 0 Å². The van der Waals surface area contributed by atoms with E-state index in [9.17, 15) is 20.1 Å². The lowest BCUT2D eigenvalue weighted by Crippen LogP contribution is -2.33. The van der Waals surface area contributed by atoms with Crippen molar-refractivity contribution in [1.29, 1.82) is 0 Å². The average Bonchev–Trinajstić information content (AvgIpc) is 3.29. The summed E-state index contributed by atoms with van der Waals surface area (Å²) in [6.45, 7) is -0.436. The van der Waals surface area contributed by atoms with Crippen LogP contribution < -0.4 is 5.73 Å². The fraction of sp³-hybridized carbons (Fsp3) is 0.647. The Kier molecular flexibility index (Phi) is 5.39. The van der Waals surface area contributed by atoms with Crippen molar-refractivity contribution >= 4 is 5.91 Å². The van der Waals surface area contributed by atoms with Gasteiger partial charge in [-0.2, -0.15) is 0 Å². The van der Waals surface area contributed by atoms with E-state index in [0.717, 1.165) is 19.3 Å². The van der Waals surface area contributed by atoms with Crippen LogP contribution in [0.15, 0.2) is 6.33 Å². The number of hydrogen-bond donors (Lipinski definition) is 4. The molecule has 136 valence electrons. The van der Waals surface area contributed by atoms with Crippen LogP contribution >= 0.6 is 0 Å². The van der Waals surface area contributed by atoms with Crippen LogP contribution in [-0.4, -0.2) is 55.7 Å². The Hall–Kier alpha value is -1.92. The molecule has 8 nitrogen and oxygen atoms in total. The van der Waals surface area contributed by atoms with Crippen molar-refractivity contribution in [2.24, 2.45) is 11.7 Å². The number of hydrogen-bond acceptors (Lipinski definition) is 6. The third-order valence-corrected chi connectivity index (χ3v) is 4.89. The zero-order valence-corrected chi connectivity index (χ0v) is 13.8. The van der Waals surface area contributed by atoms with Gasteiger partial charge in [-0.1, -0.05) is 18.8 Å². The second kappa shape index (κ2) is 7.54. The largest absolute Gasteiger partial charge is 0.394 e. The van der Waals surface area contributed by atoms with Gasteiger partial charge in [-0.25, -0.2) is 4.98 Å². The smallest absolute Gasteiger partial charge is 0.270 e. The normalized spacial score (nSPS) is 29.6. The van der Waals surface area contributed by atoms with Gasteiger partial charge in [-0.05, 0) is 24.7 Å². The van der Waals surface area contributed by atoms with E-state index in [1.807, 2.05) is 0 Å². The molecular formula is C17H23N3O5. The van der Waals surface area contributed by atoms with Crippen molar-refractivity contribution in [2.45, 2.75) is 56.6 Å². The minimum atomic E-state index is -1.28. The standard InChI is InChI=1S/C17H23N3O5/c18-16(24)13-11(7-3-6-10-4-1-2-5-10)20(9-19-13)17-15(23)14(22)12(8-21)25-17/h9-10,12,14-15,17,21-23H,1-2,4-6,8H2,(H2,18,24)/t12-,14-,15-,17-/m1/s1. The number of aliphatic hydroxyl groups is 3. The molecule has 0 bridgehead atoms. The Morgan fingerprint density at radius 1 is 1.36 bits per heavy atom. The van der Waals surface area contributed by atoms with Gasteiger partial charge in [0.15, 0.2) is 11.9 Å². The van der Waals surface area contributed by atoms with Crippen LogP contribution in [0, 0.1) is 17.8 Å². The molecule has 1 amide bonds. The number of primary amides is 1. The van der Waals surface area contributed by atoms with E-state index in [2.05, 4.69) is 16.8 Å². The predicted molar refractivity (Wildman–Crippen MR) is 87.2 cm³/mol. The first kappa shape index (κ1) is 17.9. The number of amides is 1. The average molecular weight is 349 g/mol. The second-order valence-corrected chi connectivity index (χ2v) is 6.60. The topological polar surface area (TPSA) is 131 Å². The molecular weight excluding hydrogens is 326 g/mol. The predicted octanol–water partition coefficient (Wildman–Crippen LogP) is -0.475. The Morgan fingerprint density at radius 2 is 2.08 bits per heavy atom. The van der Waals surface area contributed by atoms with Gasteiger partial charge in [0.05, 0.1) is 12.9 Å². The zero-order valence-electron chi connectivity index (χ0n) is 13.8. The fourth-order valence-electron chi connectivity index (χ4n) is 3.46. The van der Waals surface area contributed by atoms with Gasteiger partial charge in [0, 0.05) is 6.42 Å². The molecule has 2 aliphatic rings. The van der Waals surface area contributed by atoms with E-state index in [1.165, 1.54) is 23.7 Å². The van der Waals surface area contributed by atoms with Crippen molar-refractivity contribution in [3.63, 3.8) is 0 Å². The molecule has 1 aliphatic carbocycles. The first-order valence-electron chi connectivity index (χ1n) is 8.51. The van der Waals surface area contributed by atoms with E-state index in [-0.39, 0.29) is 11.4 Å². The summed E-state index contributed by atoms with van der Waals surface area (Å²) in [7, 11) is 0. The van der Waals surface area contributed by atoms with Crippen LogP contribution in [0.25, 0.3) is 0 Å². The summed E-state index contributed by atoms with van der Waals surface area (Å²) in [5, 5.41) is 29.3.